The van der Waals surface area contributed by atoms with Crippen LogP contribution in [0.4, 0.5) is 0 Å². The zero-order valence-corrected chi connectivity index (χ0v) is 53.4. The fraction of sp³-hybridized carbons (Fsp3) is 0.597. The van der Waals surface area contributed by atoms with Gasteiger partial charge in [-0.25, -0.2) is 0 Å². The lowest BCUT2D eigenvalue weighted by Gasteiger charge is -2.18. The van der Waals surface area contributed by atoms with Gasteiger partial charge in [-0.2, -0.15) is 0 Å². The quantitative estimate of drug-likeness (QED) is 0.0261. The summed E-state index contributed by atoms with van der Waals surface area (Å²) >= 11 is 0. The zero-order chi connectivity index (χ0) is 59.9. The molecule has 0 saturated carbocycles. The third-order valence-corrected chi connectivity index (χ3v) is 13.7. The fourth-order valence-electron chi connectivity index (χ4n) is 8.71. The van der Waals surface area contributed by atoms with Gasteiger partial charge in [0, 0.05) is 19.3 Å². The first-order valence-corrected chi connectivity index (χ1v) is 33.6. The molecule has 0 heterocycles. The Labute approximate surface area is 511 Å². The number of unbranched alkanes of at least 4 members (excludes halogenated alkanes) is 20. The van der Waals surface area contributed by atoms with E-state index in [1.165, 1.54) is 64.2 Å². The lowest BCUT2D eigenvalue weighted by atomic mass is 10.1. The van der Waals surface area contributed by atoms with Crippen LogP contribution in [0.2, 0.25) is 0 Å². The second-order valence-corrected chi connectivity index (χ2v) is 21.6. The van der Waals surface area contributed by atoms with Gasteiger partial charge >= 0.3 is 17.9 Å². The van der Waals surface area contributed by atoms with Crippen LogP contribution >= 0.6 is 0 Å². The largest absolute Gasteiger partial charge is 0.462 e. The topological polar surface area (TPSA) is 78.9 Å². The van der Waals surface area contributed by atoms with Crippen molar-refractivity contribution in [2.45, 2.75) is 284 Å². The van der Waals surface area contributed by atoms with Crippen LogP contribution in [0.3, 0.4) is 0 Å². The van der Waals surface area contributed by atoms with E-state index in [2.05, 4.69) is 191 Å². The zero-order valence-electron chi connectivity index (χ0n) is 53.4. The van der Waals surface area contributed by atoms with Crippen molar-refractivity contribution < 1.29 is 28.6 Å². The van der Waals surface area contributed by atoms with Crippen LogP contribution < -0.4 is 0 Å². The summed E-state index contributed by atoms with van der Waals surface area (Å²) in [5.74, 6) is -0.954. The van der Waals surface area contributed by atoms with Gasteiger partial charge in [0.05, 0.1) is 0 Å². The molecule has 0 aliphatic carbocycles. The summed E-state index contributed by atoms with van der Waals surface area (Å²) in [6, 6.07) is 0. The Hall–Kier alpha value is -5.23. The molecular weight excluding hydrogens is 1020 g/mol. The first-order chi connectivity index (χ1) is 41.0. The van der Waals surface area contributed by atoms with Crippen LogP contribution in [0, 0.1) is 0 Å². The summed E-state index contributed by atoms with van der Waals surface area (Å²) in [4.78, 5) is 38.4. The number of carbonyl (C=O) groups excluding carboxylic acids is 3. The number of hydrogen-bond donors (Lipinski definition) is 0. The minimum atomic E-state index is -0.811. The Morgan fingerprint density at radius 2 is 0.470 bits per heavy atom. The van der Waals surface area contributed by atoms with Gasteiger partial charge in [-0.3, -0.25) is 14.4 Å². The third kappa shape index (κ3) is 67.4. The van der Waals surface area contributed by atoms with E-state index in [9.17, 15) is 14.4 Å². The Morgan fingerprint density at radius 1 is 0.253 bits per heavy atom. The van der Waals surface area contributed by atoms with E-state index in [4.69, 9.17) is 14.2 Å². The van der Waals surface area contributed by atoms with Gasteiger partial charge in [0.25, 0.3) is 0 Å². The van der Waals surface area contributed by atoms with Crippen molar-refractivity contribution in [3.63, 3.8) is 0 Å². The van der Waals surface area contributed by atoms with Crippen molar-refractivity contribution in [3.8, 4) is 0 Å². The molecule has 0 aromatic carbocycles. The molecule has 0 aliphatic heterocycles. The van der Waals surface area contributed by atoms with E-state index in [-0.39, 0.29) is 31.1 Å². The SMILES string of the molecule is CC/C=C\C/C=C\C/C=C\C/C=C\C/C=C\C/C=C\C/C=C\CCCCCCCCCC(=O)OCC(COC(=O)CCCCCC/C=C\C/C=C\C/C=C\C/C=C\CC)OC(=O)CCCCCCCC/C=C\C/C=C\C/C=C\CCCCC. The first kappa shape index (κ1) is 77.8. The van der Waals surface area contributed by atoms with Crippen LogP contribution in [0.25, 0.3) is 0 Å². The smallest absolute Gasteiger partial charge is 0.306 e. The number of rotatable bonds is 59. The van der Waals surface area contributed by atoms with Gasteiger partial charge in [-0.05, 0) is 154 Å². The van der Waals surface area contributed by atoms with Gasteiger partial charge in [0.1, 0.15) is 13.2 Å². The molecule has 0 radical (unpaired) electrons. The molecule has 0 fully saturated rings. The maximum atomic E-state index is 12.9. The number of hydrogen-bond acceptors (Lipinski definition) is 6. The van der Waals surface area contributed by atoms with Crippen molar-refractivity contribution in [3.05, 3.63) is 170 Å². The molecule has 0 amide bonds. The maximum Gasteiger partial charge on any atom is 0.306 e. The molecule has 0 rings (SSSR count). The van der Waals surface area contributed by atoms with Gasteiger partial charge in [-0.15, -0.1) is 0 Å². The van der Waals surface area contributed by atoms with E-state index < -0.39 is 6.10 Å². The van der Waals surface area contributed by atoms with Crippen LogP contribution in [-0.4, -0.2) is 37.2 Å². The van der Waals surface area contributed by atoms with E-state index in [0.29, 0.717) is 19.3 Å². The molecule has 0 aromatic rings. The van der Waals surface area contributed by atoms with Crippen molar-refractivity contribution in [1.82, 2.24) is 0 Å². The van der Waals surface area contributed by atoms with Crippen molar-refractivity contribution in [2.75, 3.05) is 13.2 Å². The fourth-order valence-corrected chi connectivity index (χ4v) is 8.71. The van der Waals surface area contributed by atoms with Crippen molar-refractivity contribution >= 4 is 17.9 Å². The number of allylic oxidation sites excluding steroid dienone is 28. The highest BCUT2D eigenvalue weighted by Gasteiger charge is 2.19. The summed E-state index contributed by atoms with van der Waals surface area (Å²) in [6.45, 7) is 6.35. The number of esters is 3. The normalized spacial score (nSPS) is 13.2. The number of ether oxygens (including phenoxy) is 3. The van der Waals surface area contributed by atoms with Crippen molar-refractivity contribution in [1.29, 1.82) is 0 Å². The Balaban J connectivity index is 4.46. The molecule has 6 heteroatoms. The molecule has 466 valence electrons. The maximum absolute atomic E-state index is 12.9. The lowest BCUT2D eigenvalue weighted by molar-refractivity contribution is -0.167. The molecule has 6 nitrogen and oxygen atoms in total. The average Bonchev–Trinajstić information content (AvgIpc) is 3.49. The Morgan fingerprint density at radius 3 is 0.735 bits per heavy atom. The molecule has 0 spiro atoms. The highest BCUT2D eigenvalue weighted by Crippen LogP contribution is 2.14. The second kappa shape index (κ2) is 69.3. The van der Waals surface area contributed by atoms with E-state index in [0.717, 1.165) is 173 Å². The molecule has 0 saturated heterocycles. The highest BCUT2D eigenvalue weighted by molar-refractivity contribution is 5.71. The van der Waals surface area contributed by atoms with Crippen LogP contribution in [-0.2, 0) is 28.6 Å². The molecule has 0 aromatic heterocycles. The van der Waals surface area contributed by atoms with Crippen LogP contribution in [0.5, 0.6) is 0 Å². The van der Waals surface area contributed by atoms with E-state index in [1.807, 2.05) is 0 Å². The van der Waals surface area contributed by atoms with E-state index >= 15 is 0 Å². The van der Waals surface area contributed by atoms with Gasteiger partial charge in [0.2, 0.25) is 0 Å². The van der Waals surface area contributed by atoms with E-state index in [1.54, 1.807) is 0 Å². The summed E-state index contributed by atoms with van der Waals surface area (Å²) in [6.07, 6.45) is 102. The minimum absolute atomic E-state index is 0.105. The van der Waals surface area contributed by atoms with Gasteiger partial charge < -0.3 is 14.2 Å². The summed E-state index contributed by atoms with van der Waals surface area (Å²) in [7, 11) is 0. The molecule has 1 unspecified atom stereocenters. The molecule has 1 atom stereocenters. The molecule has 0 bridgehead atoms. The second-order valence-electron chi connectivity index (χ2n) is 21.6. The summed E-state index contributed by atoms with van der Waals surface area (Å²) < 4.78 is 16.9. The molecule has 83 heavy (non-hydrogen) atoms. The number of carbonyl (C=O) groups is 3. The highest BCUT2D eigenvalue weighted by atomic mass is 16.6. The minimum Gasteiger partial charge on any atom is -0.462 e. The third-order valence-electron chi connectivity index (χ3n) is 13.7. The predicted molar refractivity (Wildman–Crippen MR) is 361 cm³/mol. The Bertz CT molecular complexity index is 1890. The first-order valence-electron chi connectivity index (χ1n) is 33.6. The van der Waals surface area contributed by atoms with Crippen molar-refractivity contribution in [2.24, 2.45) is 0 Å². The monoisotopic (exact) mass is 1140 g/mol. The Kier molecular flexibility index (Phi) is 64.9. The molecule has 0 aliphatic rings. The lowest BCUT2D eigenvalue weighted by Crippen LogP contribution is -2.30. The van der Waals surface area contributed by atoms with Crippen LogP contribution in [0.1, 0.15) is 278 Å². The standard InChI is InChI=1S/C77H122O6/c1-4-7-10-13-16-19-22-25-28-31-33-34-35-36-37-38-39-40-41-42-44-46-49-52-55-58-61-64-67-70-76(79)82-73-74(72-81-75(78)69-66-63-60-57-54-51-48-45-30-27-24-21-18-15-12-9-6-3)83-77(80)71-68-65-62-59-56-53-50-47-43-32-29-26-23-20-17-14-11-8-5-2/h7,9-10,12,16-21,25-30,33-34,36-37,39-40,42-44,47-48,51,74H,4-6,8,11,13-15,22-24,31-32,35,38,41,45-46,49-50,52-73H2,1-3H3/b10-7-,12-9-,19-16-,20-17-,21-18-,28-25-,29-26-,30-27-,34-33-,37-36-,40-39-,44-42-,47-43-,51-48-. The van der Waals surface area contributed by atoms with Crippen LogP contribution in [0.15, 0.2) is 170 Å². The predicted octanol–water partition coefficient (Wildman–Crippen LogP) is 23.4. The van der Waals surface area contributed by atoms with Gasteiger partial charge in [-0.1, -0.05) is 274 Å². The summed E-state index contributed by atoms with van der Waals surface area (Å²) in [5, 5.41) is 0. The molecule has 0 N–H and O–H groups in total. The average molecular weight is 1140 g/mol. The van der Waals surface area contributed by atoms with Gasteiger partial charge in [0.15, 0.2) is 6.10 Å². The summed E-state index contributed by atoms with van der Waals surface area (Å²) in [5.41, 5.74) is 0. The molecular formula is C77H122O6.